The first-order valence-corrected chi connectivity index (χ1v) is 9.84. The van der Waals surface area contributed by atoms with Gasteiger partial charge in [0.15, 0.2) is 0 Å². The standard InChI is InChI=1S/C19H22Cl2N2O4/c20-13-5-12(6-14(21)8-13)10-23-15(3-4-18(23)25)9-17(24)22-16(19(26)27)7-11-1-2-11/h5-6,8,11,15-16H,1-4,7,9-10H2,(H,22,24)(H,26,27)/t15-,16-/m0/s1. The Morgan fingerprint density at radius 3 is 2.44 bits per heavy atom. The van der Waals surface area contributed by atoms with E-state index in [0.29, 0.717) is 41.8 Å². The van der Waals surface area contributed by atoms with Gasteiger partial charge in [-0.2, -0.15) is 0 Å². The number of carboxylic acid groups (broad SMARTS) is 1. The molecule has 1 saturated heterocycles. The number of halogens is 2. The highest BCUT2D eigenvalue weighted by atomic mass is 35.5. The lowest BCUT2D eigenvalue weighted by molar-refractivity contribution is -0.142. The molecule has 27 heavy (non-hydrogen) atoms. The average Bonchev–Trinajstić information content (AvgIpc) is 3.33. The van der Waals surface area contributed by atoms with E-state index in [1.807, 2.05) is 0 Å². The molecule has 0 bridgehead atoms. The number of hydrogen-bond donors (Lipinski definition) is 2. The largest absolute Gasteiger partial charge is 0.480 e. The Morgan fingerprint density at radius 2 is 1.85 bits per heavy atom. The summed E-state index contributed by atoms with van der Waals surface area (Å²) in [6.07, 6.45) is 3.54. The maximum absolute atomic E-state index is 12.4. The smallest absolute Gasteiger partial charge is 0.326 e. The zero-order chi connectivity index (χ0) is 19.6. The summed E-state index contributed by atoms with van der Waals surface area (Å²) in [7, 11) is 0. The van der Waals surface area contributed by atoms with E-state index in [1.54, 1.807) is 23.1 Å². The second-order valence-corrected chi connectivity index (χ2v) is 8.21. The van der Waals surface area contributed by atoms with Gasteiger partial charge in [-0.1, -0.05) is 36.0 Å². The third kappa shape index (κ3) is 5.59. The number of rotatable bonds is 8. The molecule has 3 rings (SSSR count). The summed E-state index contributed by atoms with van der Waals surface area (Å²) < 4.78 is 0. The first-order chi connectivity index (χ1) is 12.8. The fraction of sp³-hybridized carbons (Fsp3) is 0.526. The van der Waals surface area contributed by atoms with Crippen LogP contribution >= 0.6 is 23.2 Å². The van der Waals surface area contributed by atoms with Crippen LogP contribution in [0.4, 0.5) is 0 Å². The third-order valence-corrected chi connectivity index (χ3v) is 5.48. The van der Waals surface area contributed by atoms with E-state index in [2.05, 4.69) is 5.32 Å². The van der Waals surface area contributed by atoms with Crippen LogP contribution in [0.25, 0.3) is 0 Å². The topological polar surface area (TPSA) is 86.7 Å². The van der Waals surface area contributed by atoms with Crippen molar-refractivity contribution < 1.29 is 19.5 Å². The normalized spacial score (nSPS) is 20.6. The quantitative estimate of drug-likeness (QED) is 0.685. The molecule has 1 heterocycles. The number of benzene rings is 1. The van der Waals surface area contributed by atoms with E-state index in [9.17, 15) is 19.5 Å². The minimum Gasteiger partial charge on any atom is -0.480 e. The number of likely N-dealkylation sites (tertiary alicyclic amines) is 1. The molecule has 2 atom stereocenters. The first-order valence-electron chi connectivity index (χ1n) is 9.08. The lowest BCUT2D eigenvalue weighted by Crippen LogP contribution is -2.44. The molecule has 146 valence electrons. The lowest BCUT2D eigenvalue weighted by Gasteiger charge is -2.25. The number of hydrogen-bond acceptors (Lipinski definition) is 3. The van der Waals surface area contributed by atoms with Crippen LogP contribution in [-0.2, 0) is 20.9 Å². The predicted molar refractivity (Wildman–Crippen MR) is 102 cm³/mol. The van der Waals surface area contributed by atoms with Crippen LogP contribution in [0.5, 0.6) is 0 Å². The minimum absolute atomic E-state index is 0.0309. The Morgan fingerprint density at radius 1 is 1.19 bits per heavy atom. The van der Waals surface area contributed by atoms with Crippen molar-refractivity contribution in [2.24, 2.45) is 5.92 Å². The summed E-state index contributed by atoms with van der Waals surface area (Å²) in [4.78, 5) is 37.6. The Hall–Kier alpha value is -1.79. The van der Waals surface area contributed by atoms with Gasteiger partial charge >= 0.3 is 5.97 Å². The fourth-order valence-corrected chi connectivity index (χ4v) is 4.07. The van der Waals surface area contributed by atoms with Gasteiger partial charge in [-0.15, -0.1) is 0 Å². The highest BCUT2D eigenvalue weighted by molar-refractivity contribution is 6.34. The summed E-state index contributed by atoms with van der Waals surface area (Å²) in [6.45, 7) is 0.321. The molecule has 1 aliphatic heterocycles. The van der Waals surface area contributed by atoms with E-state index < -0.39 is 12.0 Å². The monoisotopic (exact) mass is 412 g/mol. The highest BCUT2D eigenvalue weighted by Crippen LogP contribution is 2.33. The molecule has 0 aromatic heterocycles. The maximum atomic E-state index is 12.4. The molecule has 2 fully saturated rings. The molecule has 2 amide bonds. The summed E-state index contributed by atoms with van der Waals surface area (Å²) in [5, 5.41) is 12.9. The van der Waals surface area contributed by atoms with Gasteiger partial charge in [0.25, 0.3) is 0 Å². The minimum atomic E-state index is -1.01. The lowest BCUT2D eigenvalue weighted by atomic mass is 10.1. The number of carbonyl (C=O) groups is 3. The number of carboxylic acids is 1. The third-order valence-electron chi connectivity index (χ3n) is 5.05. The zero-order valence-electron chi connectivity index (χ0n) is 14.8. The molecule has 8 heteroatoms. The van der Waals surface area contributed by atoms with Gasteiger partial charge in [0.05, 0.1) is 0 Å². The second kappa shape index (κ2) is 8.48. The summed E-state index contributed by atoms with van der Waals surface area (Å²) in [6, 6.07) is 3.99. The molecular formula is C19H22Cl2N2O4. The van der Waals surface area contributed by atoms with Crippen LogP contribution < -0.4 is 5.32 Å². The molecule has 0 spiro atoms. The summed E-state index contributed by atoms with van der Waals surface area (Å²) >= 11 is 12.0. The van der Waals surface area contributed by atoms with E-state index in [4.69, 9.17) is 23.2 Å². The van der Waals surface area contributed by atoms with Crippen molar-refractivity contribution in [2.75, 3.05) is 0 Å². The molecule has 1 aromatic rings. The van der Waals surface area contributed by atoms with Crippen molar-refractivity contribution in [3.8, 4) is 0 Å². The van der Waals surface area contributed by atoms with Gasteiger partial charge in [-0.25, -0.2) is 4.79 Å². The predicted octanol–water partition coefficient (Wildman–Crippen LogP) is 3.24. The molecule has 6 nitrogen and oxygen atoms in total. The molecule has 0 radical (unpaired) electrons. The molecule has 1 aliphatic carbocycles. The fourth-order valence-electron chi connectivity index (χ4n) is 3.50. The van der Waals surface area contributed by atoms with E-state index in [1.165, 1.54) is 0 Å². The SMILES string of the molecule is O=C(C[C@@H]1CCC(=O)N1Cc1cc(Cl)cc(Cl)c1)N[C@@H](CC1CC1)C(=O)O. The molecular weight excluding hydrogens is 391 g/mol. The van der Waals surface area contributed by atoms with E-state index >= 15 is 0 Å². The number of aliphatic carboxylic acids is 1. The van der Waals surface area contributed by atoms with Gasteiger partial charge < -0.3 is 15.3 Å². The van der Waals surface area contributed by atoms with Crippen LogP contribution in [0.1, 0.15) is 44.1 Å². The first kappa shape index (κ1) is 20.0. The van der Waals surface area contributed by atoms with Crippen molar-refractivity contribution in [2.45, 2.75) is 57.2 Å². The van der Waals surface area contributed by atoms with Crippen molar-refractivity contribution in [3.05, 3.63) is 33.8 Å². The number of carbonyl (C=O) groups excluding carboxylic acids is 2. The van der Waals surface area contributed by atoms with Gasteiger partial charge in [0.1, 0.15) is 6.04 Å². The highest BCUT2D eigenvalue weighted by Gasteiger charge is 2.34. The Kier molecular flexibility index (Phi) is 6.27. The van der Waals surface area contributed by atoms with Crippen LogP contribution in [0, 0.1) is 5.92 Å². The van der Waals surface area contributed by atoms with Crippen molar-refractivity contribution in [1.82, 2.24) is 10.2 Å². The Labute approximate surface area is 167 Å². The van der Waals surface area contributed by atoms with Gasteiger partial charge in [0.2, 0.25) is 11.8 Å². The molecule has 2 N–H and O–H groups in total. The van der Waals surface area contributed by atoms with Gasteiger partial charge in [-0.05, 0) is 42.5 Å². The maximum Gasteiger partial charge on any atom is 0.326 e. The van der Waals surface area contributed by atoms with Crippen LogP contribution in [-0.4, -0.2) is 39.9 Å². The van der Waals surface area contributed by atoms with Crippen molar-refractivity contribution in [3.63, 3.8) is 0 Å². The van der Waals surface area contributed by atoms with Crippen LogP contribution in [0.2, 0.25) is 10.0 Å². The number of nitrogens with zero attached hydrogens (tertiary/aromatic N) is 1. The molecule has 1 aromatic carbocycles. The van der Waals surface area contributed by atoms with Gasteiger partial charge in [0, 0.05) is 35.5 Å². The van der Waals surface area contributed by atoms with Crippen LogP contribution in [0.15, 0.2) is 18.2 Å². The Bertz CT molecular complexity index is 731. The molecule has 1 saturated carbocycles. The van der Waals surface area contributed by atoms with E-state index in [-0.39, 0.29) is 24.3 Å². The molecule has 2 aliphatic rings. The second-order valence-electron chi connectivity index (χ2n) is 7.33. The Balaban J connectivity index is 1.61. The van der Waals surface area contributed by atoms with Crippen molar-refractivity contribution in [1.29, 1.82) is 0 Å². The van der Waals surface area contributed by atoms with E-state index in [0.717, 1.165) is 18.4 Å². The van der Waals surface area contributed by atoms with Crippen molar-refractivity contribution >= 4 is 41.0 Å². The molecule has 0 unspecified atom stereocenters. The zero-order valence-corrected chi connectivity index (χ0v) is 16.3. The number of amides is 2. The van der Waals surface area contributed by atoms with Crippen LogP contribution in [0.3, 0.4) is 0 Å². The number of nitrogens with one attached hydrogen (secondary N) is 1. The average molecular weight is 413 g/mol. The summed E-state index contributed by atoms with van der Waals surface area (Å²) in [5.41, 5.74) is 0.797. The van der Waals surface area contributed by atoms with Gasteiger partial charge in [-0.3, -0.25) is 9.59 Å². The summed E-state index contributed by atoms with van der Waals surface area (Å²) in [5.74, 6) is -0.986.